The molecule has 0 aliphatic rings. The number of sulfone groups is 1. The molecule has 0 aromatic heterocycles. The Bertz CT molecular complexity index is 338. The summed E-state index contributed by atoms with van der Waals surface area (Å²) in [5.41, 5.74) is 0. The van der Waals surface area contributed by atoms with Crippen molar-refractivity contribution < 1.29 is 18.3 Å². The molecule has 0 saturated heterocycles. The van der Waals surface area contributed by atoms with E-state index in [1.165, 1.54) is 0 Å². The molecule has 0 aromatic carbocycles. The van der Waals surface area contributed by atoms with E-state index in [1.807, 2.05) is 6.92 Å². The molecule has 0 aromatic rings. The average molecular weight is 279 g/mol. The van der Waals surface area contributed by atoms with Gasteiger partial charge in [0.05, 0.1) is 11.0 Å². The zero-order chi connectivity index (χ0) is 14.2. The second kappa shape index (κ2) is 8.48. The summed E-state index contributed by atoms with van der Waals surface area (Å²) in [6.07, 6.45) is 1.74. The molecule has 0 aliphatic carbocycles. The molecule has 0 amide bonds. The first-order chi connectivity index (χ1) is 8.25. The van der Waals surface area contributed by atoms with Gasteiger partial charge in [-0.15, -0.1) is 0 Å². The van der Waals surface area contributed by atoms with Gasteiger partial charge in [0, 0.05) is 13.0 Å². The van der Waals surface area contributed by atoms with Crippen molar-refractivity contribution in [1.82, 2.24) is 5.32 Å². The van der Waals surface area contributed by atoms with E-state index in [-0.39, 0.29) is 17.4 Å². The fraction of sp³-hybridized carbons (Fsp3) is 0.917. The molecule has 1 atom stereocenters. The predicted octanol–water partition coefficient (Wildman–Crippen LogP) is 1.29. The topological polar surface area (TPSA) is 83.5 Å². The zero-order valence-electron chi connectivity index (χ0n) is 11.5. The summed E-state index contributed by atoms with van der Waals surface area (Å²) in [5, 5.41) is 11.3. The van der Waals surface area contributed by atoms with Gasteiger partial charge < -0.3 is 10.4 Å². The molecular formula is C12H25NO4S. The van der Waals surface area contributed by atoms with Crippen LogP contribution in [0.1, 0.15) is 40.0 Å². The van der Waals surface area contributed by atoms with Crippen molar-refractivity contribution >= 4 is 15.8 Å². The van der Waals surface area contributed by atoms with Gasteiger partial charge in [0.2, 0.25) is 0 Å². The van der Waals surface area contributed by atoms with Gasteiger partial charge >= 0.3 is 5.97 Å². The number of hydrogen-bond acceptors (Lipinski definition) is 4. The quantitative estimate of drug-likeness (QED) is 0.589. The van der Waals surface area contributed by atoms with Crippen molar-refractivity contribution in [3.05, 3.63) is 0 Å². The molecule has 0 spiro atoms. The Labute approximate surface area is 110 Å². The second-order valence-corrected chi connectivity index (χ2v) is 7.67. The molecule has 0 rings (SSSR count). The van der Waals surface area contributed by atoms with Crippen LogP contribution in [0.5, 0.6) is 0 Å². The number of aliphatic carboxylic acids is 1. The lowest BCUT2D eigenvalue weighted by Gasteiger charge is -2.11. The van der Waals surface area contributed by atoms with Gasteiger partial charge in [-0.25, -0.2) is 8.42 Å². The van der Waals surface area contributed by atoms with Crippen LogP contribution in [-0.2, 0) is 14.6 Å². The smallest absolute Gasteiger partial charge is 0.303 e. The predicted molar refractivity (Wildman–Crippen MR) is 72.4 cm³/mol. The van der Waals surface area contributed by atoms with Crippen molar-refractivity contribution in [2.75, 3.05) is 18.8 Å². The molecule has 0 bridgehead atoms. The number of nitrogens with one attached hydrogen (secondary N) is 1. The van der Waals surface area contributed by atoms with Crippen LogP contribution in [0, 0.1) is 5.92 Å². The lowest BCUT2D eigenvalue weighted by molar-refractivity contribution is -0.137. The third-order valence-electron chi connectivity index (χ3n) is 2.95. The highest BCUT2D eigenvalue weighted by Crippen LogP contribution is 2.09. The Morgan fingerprint density at radius 3 is 2.28 bits per heavy atom. The van der Waals surface area contributed by atoms with E-state index in [4.69, 9.17) is 5.11 Å². The van der Waals surface area contributed by atoms with Crippen LogP contribution in [0.4, 0.5) is 0 Å². The monoisotopic (exact) mass is 279 g/mol. The minimum Gasteiger partial charge on any atom is -0.481 e. The molecule has 5 nitrogen and oxygen atoms in total. The molecule has 0 fully saturated rings. The molecule has 6 heteroatoms. The molecule has 0 radical (unpaired) electrons. The maximum Gasteiger partial charge on any atom is 0.303 e. The number of hydrogen-bond donors (Lipinski definition) is 2. The standard InChI is InChI=1S/C12H25NO4S/c1-10(2)18(16,17)9-8-13-7-6-11(3)4-5-12(14)15/h10-11,13H,4-9H2,1-3H3,(H,14,15). The number of carboxylic acids is 1. The van der Waals surface area contributed by atoms with E-state index in [9.17, 15) is 13.2 Å². The van der Waals surface area contributed by atoms with Gasteiger partial charge in [-0.3, -0.25) is 4.79 Å². The van der Waals surface area contributed by atoms with Crippen molar-refractivity contribution in [3.8, 4) is 0 Å². The Morgan fingerprint density at radius 2 is 1.78 bits per heavy atom. The highest BCUT2D eigenvalue weighted by atomic mass is 32.2. The van der Waals surface area contributed by atoms with Gasteiger partial charge in [-0.1, -0.05) is 6.92 Å². The van der Waals surface area contributed by atoms with Gasteiger partial charge in [-0.05, 0) is 39.2 Å². The normalized spacial score (nSPS) is 13.8. The SMILES string of the molecule is CC(CCNCCS(=O)(=O)C(C)C)CCC(=O)O. The molecule has 1 unspecified atom stereocenters. The van der Waals surface area contributed by atoms with Crippen LogP contribution >= 0.6 is 0 Å². The summed E-state index contributed by atoms with van der Waals surface area (Å²) in [6.45, 7) is 6.57. The third kappa shape index (κ3) is 8.47. The summed E-state index contributed by atoms with van der Waals surface area (Å²) in [5.74, 6) is -0.262. The highest BCUT2D eigenvalue weighted by Gasteiger charge is 2.14. The van der Waals surface area contributed by atoms with Gasteiger partial charge in [0.15, 0.2) is 9.84 Å². The minimum absolute atomic E-state index is 0.161. The van der Waals surface area contributed by atoms with Crippen molar-refractivity contribution in [2.24, 2.45) is 5.92 Å². The maximum atomic E-state index is 11.5. The summed E-state index contributed by atoms with van der Waals surface area (Å²) in [7, 11) is -2.96. The molecular weight excluding hydrogens is 254 g/mol. The Balaban J connectivity index is 3.60. The third-order valence-corrected chi connectivity index (χ3v) is 5.16. The number of carboxylic acid groups (broad SMARTS) is 1. The minimum atomic E-state index is -2.96. The molecule has 2 N–H and O–H groups in total. The van der Waals surface area contributed by atoms with E-state index < -0.39 is 15.8 Å². The van der Waals surface area contributed by atoms with Crippen LogP contribution < -0.4 is 5.32 Å². The van der Waals surface area contributed by atoms with E-state index in [2.05, 4.69) is 5.32 Å². The van der Waals surface area contributed by atoms with Crippen LogP contribution in [0.15, 0.2) is 0 Å². The zero-order valence-corrected chi connectivity index (χ0v) is 12.3. The first kappa shape index (κ1) is 17.4. The van der Waals surface area contributed by atoms with Crippen molar-refractivity contribution in [3.63, 3.8) is 0 Å². The summed E-state index contributed by atoms with van der Waals surface area (Å²) in [4.78, 5) is 10.4. The van der Waals surface area contributed by atoms with Crippen LogP contribution in [-0.4, -0.2) is 43.6 Å². The largest absolute Gasteiger partial charge is 0.481 e. The molecule has 0 saturated carbocycles. The fourth-order valence-electron chi connectivity index (χ4n) is 1.44. The summed E-state index contributed by atoms with van der Waals surface area (Å²) in [6, 6.07) is 0. The van der Waals surface area contributed by atoms with E-state index in [1.54, 1.807) is 13.8 Å². The van der Waals surface area contributed by atoms with Gasteiger partial charge in [0.1, 0.15) is 0 Å². The van der Waals surface area contributed by atoms with Crippen molar-refractivity contribution in [1.29, 1.82) is 0 Å². The summed E-state index contributed by atoms with van der Waals surface area (Å²) < 4.78 is 23.0. The van der Waals surface area contributed by atoms with E-state index in [0.29, 0.717) is 18.9 Å². The number of carbonyl (C=O) groups is 1. The van der Waals surface area contributed by atoms with E-state index in [0.717, 1.165) is 13.0 Å². The first-order valence-corrected chi connectivity index (χ1v) is 8.11. The Hall–Kier alpha value is -0.620. The molecule has 18 heavy (non-hydrogen) atoms. The molecule has 0 aliphatic heterocycles. The lowest BCUT2D eigenvalue weighted by Crippen LogP contribution is -2.28. The lowest BCUT2D eigenvalue weighted by atomic mass is 10.0. The molecule has 108 valence electrons. The van der Waals surface area contributed by atoms with Crippen molar-refractivity contribution in [2.45, 2.75) is 45.3 Å². The number of rotatable bonds is 10. The van der Waals surface area contributed by atoms with Crippen LogP contribution in [0.3, 0.4) is 0 Å². The second-order valence-electron chi connectivity index (χ2n) is 4.99. The van der Waals surface area contributed by atoms with Gasteiger partial charge in [0.25, 0.3) is 0 Å². The van der Waals surface area contributed by atoms with Gasteiger partial charge in [-0.2, -0.15) is 0 Å². The van der Waals surface area contributed by atoms with E-state index >= 15 is 0 Å². The van der Waals surface area contributed by atoms with Crippen LogP contribution in [0.25, 0.3) is 0 Å². The summed E-state index contributed by atoms with van der Waals surface area (Å²) >= 11 is 0. The first-order valence-electron chi connectivity index (χ1n) is 6.39. The molecule has 0 heterocycles. The average Bonchev–Trinajstić information content (AvgIpc) is 2.25. The highest BCUT2D eigenvalue weighted by molar-refractivity contribution is 7.92. The van der Waals surface area contributed by atoms with Crippen LogP contribution in [0.2, 0.25) is 0 Å². The fourth-order valence-corrected chi connectivity index (χ4v) is 2.34. The Morgan fingerprint density at radius 1 is 1.17 bits per heavy atom. The maximum absolute atomic E-state index is 11.5. The Kier molecular flexibility index (Phi) is 8.18.